The van der Waals surface area contributed by atoms with Gasteiger partial charge in [0.1, 0.15) is 5.54 Å². The Labute approximate surface area is 79.0 Å². The summed E-state index contributed by atoms with van der Waals surface area (Å²) in [5.41, 5.74) is -0.242. The molecule has 2 aliphatic rings. The van der Waals surface area contributed by atoms with E-state index in [-0.39, 0.29) is 11.5 Å². The zero-order chi connectivity index (χ0) is 9.47. The van der Waals surface area contributed by atoms with E-state index in [0.717, 1.165) is 32.2 Å². The highest BCUT2D eigenvalue weighted by Crippen LogP contribution is 2.42. The molecule has 13 heavy (non-hydrogen) atoms. The van der Waals surface area contributed by atoms with Gasteiger partial charge >= 0.3 is 5.97 Å². The van der Waals surface area contributed by atoms with Gasteiger partial charge in [0.25, 0.3) is 0 Å². The molecule has 2 fully saturated rings. The van der Waals surface area contributed by atoms with Gasteiger partial charge in [0.05, 0.1) is 7.11 Å². The van der Waals surface area contributed by atoms with Crippen molar-refractivity contribution in [2.45, 2.75) is 44.2 Å². The van der Waals surface area contributed by atoms with E-state index in [0.29, 0.717) is 6.04 Å². The highest BCUT2D eigenvalue weighted by Gasteiger charge is 2.53. The van der Waals surface area contributed by atoms with E-state index in [2.05, 4.69) is 11.8 Å². The molecule has 2 unspecified atom stereocenters. The van der Waals surface area contributed by atoms with Crippen molar-refractivity contribution in [2.24, 2.45) is 0 Å². The minimum absolute atomic E-state index is 0.0191. The van der Waals surface area contributed by atoms with Crippen LogP contribution in [0, 0.1) is 0 Å². The lowest BCUT2D eigenvalue weighted by atomic mass is 9.94. The Morgan fingerprint density at radius 1 is 1.54 bits per heavy atom. The summed E-state index contributed by atoms with van der Waals surface area (Å²) in [6, 6.07) is 0.557. The molecule has 0 spiro atoms. The minimum atomic E-state index is -0.242. The molecule has 0 aromatic rings. The molecular weight excluding hydrogens is 166 g/mol. The Morgan fingerprint density at radius 3 is 3.00 bits per heavy atom. The number of esters is 1. The fraction of sp³-hybridized carbons (Fsp3) is 0.900. The molecule has 2 atom stereocenters. The van der Waals surface area contributed by atoms with Crippen LogP contribution in [0.4, 0.5) is 0 Å². The van der Waals surface area contributed by atoms with E-state index in [1.807, 2.05) is 0 Å². The third kappa shape index (κ3) is 1.10. The second kappa shape index (κ2) is 2.98. The number of hydrogen-bond acceptors (Lipinski definition) is 3. The summed E-state index contributed by atoms with van der Waals surface area (Å²) in [4.78, 5) is 14.0. The average molecular weight is 183 g/mol. The van der Waals surface area contributed by atoms with Gasteiger partial charge in [0, 0.05) is 6.04 Å². The maximum Gasteiger partial charge on any atom is 0.326 e. The van der Waals surface area contributed by atoms with Crippen molar-refractivity contribution in [3.63, 3.8) is 0 Å². The molecule has 2 rings (SSSR count). The first kappa shape index (κ1) is 9.00. The molecule has 3 heteroatoms. The Morgan fingerprint density at radius 2 is 2.31 bits per heavy atom. The lowest BCUT2D eigenvalue weighted by Gasteiger charge is -2.30. The van der Waals surface area contributed by atoms with E-state index < -0.39 is 0 Å². The van der Waals surface area contributed by atoms with E-state index >= 15 is 0 Å². The maximum atomic E-state index is 11.7. The predicted octanol–water partition coefficient (Wildman–Crippen LogP) is 1.18. The molecule has 0 aromatic heterocycles. The van der Waals surface area contributed by atoms with Gasteiger partial charge in [-0.05, 0) is 39.2 Å². The van der Waals surface area contributed by atoms with Crippen LogP contribution in [0.5, 0.6) is 0 Å². The molecule has 2 aliphatic heterocycles. The van der Waals surface area contributed by atoms with Crippen LogP contribution >= 0.6 is 0 Å². The molecule has 0 aliphatic carbocycles. The molecule has 2 saturated heterocycles. The Balaban J connectivity index is 2.25. The van der Waals surface area contributed by atoms with Gasteiger partial charge in [-0.25, -0.2) is 0 Å². The summed E-state index contributed by atoms with van der Waals surface area (Å²) in [5, 5.41) is 0. The van der Waals surface area contributed by atoms with Gasteiger partial charge in [0.15, 0.2) is 0 Å². The van der Waals surface area contributed by atoms with Crippen LogP contribution in [0.15, 0.2) is 0 Å². The quantitative estimate of drug-likeness (QED) is 0.572. The zero-order valence-electron chi connectivity index (χ0n) is 8.38. The van der Waals surface area contributed by atoms with Crippen LogP contribution < -0.4 is 0 Å². The number of carbonyl (C=O) groups excluding carboxylic acids is 1. The number of rotatable bonds is 1. The molecule has 3 nitrogen and oxygen atoms in total. The van der Waals surface area contributed by atoms with Crippen LogP contribution in [0.1, 0.15) is 32.6 Å². The largest absolute Gasteiger partial charge is 0.468 e. The third-order valence-electron chi connectivity index (χ3n) is 3.61. The molecule has 74 valence electrons. The van der Waals surface area contributed by atoms with Gasteiger partial charge in [-0.2, -0.15) is 0 Å². The molecule has 0 N–H and O–H groups in total. The monoisotopic (exact) mass is 183 g/mol. The summed E-state index contributed by atoms with van der Waals surface area (Å²) >= 11 is 0. The molecule has 0 bridgehead atoms. The summed E-state index contributed by atoms with van der Waals surface area (Å²) in [7, 11) is 1.50. The van der Waals surface area contributed by atoms with E-state index in [1.54, 1.807) is 0 Å². The van der Waals surface area contributed by atoms with Crippen molar-refractivity contribution in [3.8, 4) is 0 Å². The highest BCUT2D eigenvalue weighted by atomic mass is 16.5. The number of carbonyl (C=O) groups is 1. The second-order valence-corrected chi connectivity index (χ2v) is 4.21. The zero-order valence-corrected chi connectivity index (χ0v) is 8.38. The molecule has 2 heterocycles. The summed E-state index contributed by atoms with van der Waals surface area (Å²) in [6.07, 6.45) is 4.25. The fourth-order valence-electron chi connectivity index (χ4n) is 2.93. The van der Waals surface area contributed by atoms with Crippen molar-refractivity contribution in [2.75, 3.05) is 13.7 Å². The van der Waals surface area contributed by atoms with Crippen LogP contribution in [0.25, 0.3) is 0 Å². The predicted molar refractivity (Wildman–Crippen MR) is 49.4 cm³/mol. The first-order valence-electron chi connectivity index (χ1n) is 5.06. The van der Waals surface area contributed by atoms with Crippen LogP contribution in [-0.2, 0) is 9.53 Å². The Kier molecular flexibility index (Phi) is 2.06. The van der Waals surface area contributed by atoms with Crippen molar-refractivity contribution in [3.05, 3.63) is 0 Å². The lowest BCUT2D eigenvalue weighted by Crippen LogP contribution is -2.48. The van der Waals surface area contributed by atoms with E-state index in [1.165, 1.54) is 7.11 Å². The smallest absolute Gasteiger partial charge is 0.326 e. The second-order valence-electron chi connectivity index (χ2n) is 4.21. The lowest BCUT2D eigenvalue weighted by molar-refractivity contribution is -0.152. The number of methoxy groups -OCH3 is 1. The number of ether oxygens (including phenoxy) is 1. The summed E-state index contributed by atoms with van der Waals surface area (Å²) in [6.45, 7) is 3.27. The van der Waals surface area contributed by atoms with Gasteiger partial charge in [0.2, 0.25) is 0 Å². The average Bonchev–Trinajstić information content (AvgIpc) is 2.67. The molecular formula is C10H17NO2. The Bertz CT molecular complexity index is 229. The molecule has 0 aromatic carbocycles. The van der Waals surface area contributed by atoms with E-state index in [4.69, 9.17) is 4.74 Å². The normalized spacial score (nSPS) is 39.1. The van der Waals surface area contributed by atoms with Crippen molar-refractivity contribution < 1.29 is 9.53 Å². The number of fused-ring (bicyclic) bond motifs is 1. The van der Waals surface area contributed by atoms with Gasteiger partial charge < -0.3 is 4.74 Å². The van der Waals surface area contributed by atoms with Crippen LogP contribution in [0.3, 0.4) is 0 Å². The summed E-state index contributed by atoms with van der Waals surface area (Å²) < 4.78 is 4.91. The highest BCUT2D eigenvalue weighted by molar-refractivity contribution is 5.81. The number of hydrogen-bond donors (Lipinski definition) is 0. The minimum Gasteiger partial charge on any atom is -0.468 e. The molecule has 0 amide bonds. The maximum absolute atomic E-state index is 11.7. The fourth-order valence-corrected chi connectivity index (χ4v) is 2.93. The SMILES string of the molecule is COC(=O)C12CCCN1C(C)CC2. The van der Waals surface area contributed by atoms with Crippen LogP contribution in [0.2, 0.25) is 0 Å². The van der Waals surface area contributed by atoms with Gasteiger partial charge in [-0.1, -0.05) is 0 Å². The molecule has 0 radical (unpaired) electrons. The van der Waals surface area contributed by atoms with Crippen molar-refractivity contribution in [1.82, 2.24) is 4.90 Å². The summed E-state index contributed by atoms with van der Waals surface area (Å²) in [5.74, 6) is -0.0191. The molecule has 0 saturated carbocycles. The van der Waals surface area contributed by atoms with Gasteiger partial charge in [-0.3, -0.25) is 9.69 Å². The van der Waals surface area contributed by atoms with Crippen molar-refractivity contribution >= 4 is 5.97 Å². The van der Waals surface area contributed by atoms with Crippen LogP contribution in [-0.4, -0.2) is 36.1 Å². The Hall–Kier alpha value is -0.570. The van der Waals surface area contributed by atoms with Gasteiger partial charge in [-0.15, -0.1) is 0 Å². The third-order valence-corrected chi connectivity index (χ3v) is 3.61. The standard InChI is InChI=1S/C10H17NO2/c1-8-4-6-10(9(12)13-2)5-3-7-11(8)10/h8H,3-7H2,1-2H3. The van der Waals surface area contributed by atoms with Crippen molar-refractivity contribution in [1.29, 1.82) is 0 Å². The number of nitrogens with zero attached hydrogens (tertiary/aromatic N) is 1. The first-order chi connectivity index (χ1) is 6.20. The topological polar surface area (TPSA) is 29.5 Å². The van der Waals surface area contributed by atoms with E-state index in [9.17, 15) is 4.79 Å². The first-order valence-corrected chi connectivity index (χ1v) is 5.06.